The van der Waals surface area contributed by atoms with Crippen LogP contribution < -0.4 is 5.32 Å². The van der Waals surface area contributed by atoms with Crippen LogP contribution in [0.2, 0.25) is 0 Å². The van der Waals surface area contributed by atoms with Crippen LogP contribution in [0.1, 0.15) is 37.6 Å². The van der Waals surface area contributed by atoms with Gasteiger partial charge in [0.25, 0.3) is 5.91 Å². The van der Waals surface area contributed by atoms with Crippen molar-refractivity contribution in [2.45, 2.75) is 38.8 Å². The van der Waals surface area contributed by atoms with E-state index in [4.69, 9.17) is 4.74 Å². The molecule has 0 aromatic heterocycles. The molecule has 7 heteroatoms. The maximum absolute atomic E-state index is 13.8. The van der Waals surface area contributed by atoms with E-state index in [-0.39, 0.29) is 11.6 Å². The van der Waals surface area contributed by atoms with Crippen LogP contribution in [-0.2, 0) is 4.74 Å². The number of nitrogens with zero attached hydrogens (tertiary/aromatic N) is 1. The van der Waals surface area contributed by atoms with Crippen molar-refractivity contribution in [2.75, 3.05) is 13.1 Å². The molecule has 1 aliphatic rings. The minimum absolute atomic E-state index is 0.0103. The molecule has 1 unspecified atom stereocenters. The van der Waals surface area contributed by atoms with Gasteiger partial charge in [0.1, 0.15) is 11.4 Å². The zero-order valence-electron chi connectivity index (χ0n) is 13.4. The largest absolute Gasteiger partial charge is 0.444 e. The SMILES string of the molecule is CC(C)(C)OC(=O)N1CCC(NC(=O)c2ccc(Br)cc2F)C1. The molecule has 0 aliphatic carbocycles. The van der Waals surface area contributed by atoms with Gasteiger partial charge in [0.15, 0.2) is 0 Å². The summed E-state index contributed by atoms with van der Waals surface area (Å²) in [5, 5.41) is 2.76. The summed E-state index contributed by atoms with van der Waals surface area (Å²) >= 11 is 3.15. The molecular weight excluding hydrogens is 367 g/mol. The molecule has 1 aliphatic heterocycles. The summed E-state index contributed by atoms with van der Waals surface area (Å²) in [5.74, 6) is -1.06. The van der Waals surface area contributed by atoms with E-state index in [0.717, 1.165) is 0 Å². The van der Waals surface area contributed by atoms with Gasteiger partial charge < -0.3 is 15.0 Å². The summed E-state index contributed by atoms with van der Waals surface area (Å²) in [7, 11) is 0. The van der Waals surface area contributed by atoms with Crippen molar-refractivity contribution in [1.29, 1.82) is 0 Å². The zero-order chi connectivity index (χ0) is 17.2. The molecule has 1 heterocycles. The molecule has 1 atom stereocenters. The maximum Gasteiger partial charge on any atom is 0.410 e. The second-order valence-electron chi connectivity index (χ2n) is 6.51. The van der Waals surface area contributed by atoms with Crippen LogP contribution in [0.15, 0.2) is 22.7 Å². The first-order valence-electron chi connectivity index (χ1n) is 7.39. The van der Waals surface area contributed by atoms with Crippen LogP contribution in [0.4, 0.5) is 9.18 Å². The topological polar surface area (TPSA) is 58.6 Å². The maximum atomic E-state index is 13.8. The lowest BCUT2D eigenvalue weighted by Gasteiger charge is -2.24. The highest BCUT2D eigenvalue weighted by atomic mass is 79.9. The van der Waals surface area contributed by atoms with Crippen molar-refractivity contribution < 1.29 is 18.7 Å². The number of benzene rings is 1. The number of hydrogen-bond donors (Lipinski definition) is 1. The van der Waals surface area contributed by atoms with E-state index in [1.807, 2.05) is 0 Å². The first-order chi connectivity index (χ1) is 10.7. The lowest BCUT2D eigenvalue weighted by Crippen LogP contribution is -2.40. The zero-order valence-corrected chi connectivity index (χ0v) is 14.9. The monoisotopic (exact) mass is 386 g/mol. The molecule has 2 amide bonds. The van der Waals surface area contributed by atoms with Crippen molar-refractivity contribution in [3.63, 3.8) is 0 Å². The number of ether oxygens (including phenoxy) is 1. The Bertz CT molecular complexity index is 616. The van der Waals surface area contributed by atoms with Gasteiger partial charge in [-0.15, -0.1) is 0 Å². The van der Waals surface area contributed by atoms with E-state index in [2.05, 4.69) is 21.2 Å². The fraction of sp³-hybridized carbons (Fsp3) is 0.500. The van der Waals surface area contributed by atoms with Crippen LogP contribution in [0.3, 0.4) is 0 Å². The standard InChI is InChI=1S/C16H20BrFN2O3/c1-16(2,3)23-15(22)20-7-6-11(9-20)19-14(21)12-5-4-10(17)8-13(12)18/h4-5,8,11H,6-7,9H2,1-3H3,(H,19,21). The molecule has 1 N–H and O–H groups in total. The molecule has 23 heavy (non-hydrogen) atoms. The molecule has 5 nitrogen and oxygen atoms in total. The lowest BCUT2D eigenvalue weighted by atomic mass is 10.1. The van der Waals surface area contributed by atoms with Gasteiger partial charge in [-0.25, -0.2) is 9.18 Å². The molecule has 2 rings (SSSR count). The number of carbonyl (C=O) groups is 2. The van der Waals surface area contributed by atoms with Gasteiger partial charge in [-0.2, -0.15) is 0 Å². The minimum atomic E-state index is -0.584. The Morgan fingerprint density at radius 3 is 2.70 bits per heavy atom. The summed E-state index contributed by atoms with van der Waals surface area (Å²) in [4.78, 5) is 25.7. The van der Waals surface area contributed by atoms with Gasteiger partial charge >= 0.3 is 6.09 Å². The van der Waals surface area contributed by atoms with Crippen molar-refractivity contribution in [2.24, 2.45) is 0 Å². The number of nitrogens with one attached hydrogen (secondary N) is 1. The minimum Gasteiger partial charge on any atom is -0.444 e. The third kappa shape index (κ3) is 4.92. The van der Waals surface area contributed by atoms with Gasteiger partial charge in [0, 0.05) is 23.6 Å². The van der Waals surface area contributed by atoms with Crippen molar-refractivity contribution in [1.82, 2.24) is 10.2 Å². The molecule has 126 valence electrons. The Balaban J connectivity index is 1.92. The first-order valence-corrected chi connectivity index (χ1v) is 8.19. The normalized spacial score (nSPS) is 18.0. The Labute approximate surface area is 143 Å². The van der Waals surface area contributed by atoms with Gasteiger partial charge in [-0.05, 0) is 45.4 Å². The predicted molar refractivity (Wildman–Crippen MR) is 87.8 cm³/mol. The third-order valence-corrected chi connectivity index (χ3v) is 3.84. The Hall–Kier alpha value is -1.63. The number of amides is 2. The highest BCUT2D eigenvalue weighted by molar-refractivity contribution is 9.10. The second-order valence-corrected chi connectivity index (χ2v) is 7.43. The van der Waals surface area contributed by atoms with E-state index >= 15 is 0 Å². The number of halogens is 2. The third-order valence-electron chi connectivity index (χ3n) is 3.35. The number of hydrogen-bond acceptors (Lipinski definition) is 3. The quantitative estimate of drug-likeness (QED) is 0.847. The molecule has 1 fully saturated rings. The number of likely N-dealkylation sites (tertiary alicyclic amines) is 1. The summed E-state index contributed by atoms with van der Waals surface area (Å²) in [6.45, 7) is 6.27. The van der Waals surface area contributed by atoms with Crippen LogP contribution in [0.25, 0.3) is 0 Å². The average Bonchev–Trinajstić information content (AvgIpc) is 2.85. The highest BCUT2D eigenvalue weighted by Crippen LogP contribution is 2.18. The summed E-state index contributed by atoms with van der Waals surface area (Å²) in [6.07, 6.45) is 0.215. The van der Waals surface area contributed by atoms with Crippen molar-refractivity contribution in [3.05, 3.63) is 34.1 Å². The highest BCUT2D eigenvalue weighted by Gasteiger charge is 2.31. The Morgan fingerprint density at radius 1 is 1.39 bits per heavy atom. The smallest absolute Gasteiger partial charge is 0.410 e. The van der Waals surface area contributed by atoms with Crippen LogP contribution >= 0.6 is 15.9 Å². The second kappa shape index (κ2) is 6.86. The van der Waals surface area contributed by atoms with Gasteiger partial charge in [0.2, 0.25) is 0 Å². The number of rotatable bonds is 2. The van der Waals surface area contributed by atoms with Crippen LogP contribution in [0, 0.1) is 5.82 Å². The first kappa shape index (κ1) is 17.7. The van der Waals surface area contributed by atoms with Gasteiger partial charge in [-0.3, -0.25) is 4.79 Å². The summed E-state index contributed by atoms with van der Waals surface area (Å²) in [5.41, 5.74) is -0.567. The van der Waals surface area contributed by atoms with E-state index in [0.29, 0.717) is 24.0 Å². The molecular formula is C16H20BrFN2O3. The van der Waals surface area contributed by atoms with Crippen LogP contribution in [-0.4, -0.2) is 41.6 Å². The van der Waals surface area contributed by atoms with Gasteiger partial charge in [-0.1, -0.05) is 15.9 Å². The molecule has 0 saturated carbocycles. The lowest BCUT2D eigenvalue weighted by molar-refractivity contribution is 0.0290. The fourth-order valence-electron chi connectivity index (χ4n) is 2.31. The van der Waals surface area contributed by atoms with Crippen molar-refractivity contribution in [3.8, 4) is 0 Å². The average molecular weight is 387 g/mol. The summed E-state index contributed by atoms with van der Waals surface area (Å²) in [6, 6.07) is 4.07. The van der Waals surface area contributed by atoms with Crippen molar-refractivity contribution >= 4 is 27.9 Å². The number of carbonyl (C=O) groups excluding carboxylic acids is 2. The fourth-order valence-corrected chi connectivity index (χ4v) is 2.64. The van der Waals surface area contributed by atoms with E-state index in [1.165, 1.54) is 12.1 Å². The van der Waals surface area contributed by atoms with E-state index in [9.17, 15) is 14.0 Å². The Morgan fingerprint density at radius 2 is 2.09 bits per heavy atom. The predicted octanol–water partition coefficient (Wildman–Crippen LogP) is 3.33. The van der Waals surface area contributed by atoms with Gasteiger partial charge in [0.05, 0.1) is 5.56 Å². The molecule has 1 aromatic carbocycles. The molecule has 1 aromatic rings. The summed E-state index contributed by atoms with van der Waals surface area (Å²) < 4.78 is 19.7. The molecule has 0 spiro atoms. The molecule has 0 bridgehead atoms. The molecule has 1 saturated heterocycles. The Kier molecular flexibility index (Phi) is 5.29. The molecule has 0 radical (unpaired) electrons. The van der Waals surface area contributed by atoms with E-state index < -0.39 is 23.4 Å². The van der Waals surface area contributed by atoms with Crippen LogP contribution in [0.5, 0.6) is 0 Å². The van der Waals surface area contributed by atoms with E-state index in [1.54, 1.807) is 31.7 Å².